The van der Waals surface area contributed by atoms with Crippen LogP contribution in [0, 0.1) is 0 Å². The number of ether oxygens (including phenoxy) is 1. The van der Waals surface area contributed by atoms with E-state index in [1.165, 1.54) is 14.1 Å². The summed E-state index contributed by atoms with van der Waals surface area (Å²) >= 11 is 0. The van der Waals surface area contributed by atoms with Gasteiger partial charge >= 0.3 is 0 Å². The summed E-state index contributed by atoms with van der Waals surface area (Å²) in [6.45, 7) is 2.57. The van der Waals surface area contributed by atoms with Crippen LogP contribution in [0.2, 0.25) is 0 Å². The molecule has 0 aromatic heterocycles. The second-order valence-electron chi connectivity index (χ2n) is 5.89. The lowest BCUT2D eigenvalue weighted by atomic mass is 10.2. The molecule has 0 bridgehead atoms. The topological polar surface area (TPSA) is 70.2 Å². The molecule has 8 heteroatoms. The average Bonchev–Trinajstić information content (AvgIpc) is 2.59. The van der Waals surface area contributed by atoms with Crippen LogP contribution in [0.4, 0.5) is 5.69 Å². The Hall–Kier alpha value is -1.80. The molecule has 0 atom stereocenters. The second kappa shape index (κ2) is 7.85. The van der Waals surface area contributed by atoms with Crippen LogP contribution in [0.3, 0.4) is 0 Å². The van der Waals surface area contributed by atoms with Crippen molar-refractivity contribution in [3.63, 3.8) is 0 Å². The number of nitrogens with zero attached hydrogens (tertiary/aromatic N) is 3. The smallest absolute Gasteiger partial charge is 0.223 e. The van der Waals surface area contributed by atoms with Crippen LogP contribution in [0.15, 0.2) is 24.3 Å². The first-order valence-electron chi connectivity index (χ1n) is 7.91. The minimum absolute atomic E-state index is 0.0230. The maximum atomic E-state index is 12.2. The van der Waals surface area contributed by atoms with Gasteiger partial charge in [-0.3, -0.25) is 4.79 Å². The molecule has 1 aliphatic rings. The maximum absolute atomic E-state index is 12.2. The number of carbonyl (C=O) groups excluding carboxylic acids is 1. The van der Waals surface area contributed by atoms with Crippen molar-refractivity contribution < 1.29 is 17.9 Å². The zero-order valence-corrected chi connectivity index (χ0v) is 15.3. The highest BCUT2D eigenvalue weighted by molar-refractivity contribution is 7.89. The monoisotopic (exact) mass is 355 g/mol. The molecule has 2 rings (SSSR count). The summed E-state index contributed by atoms with van der Waals surface area (Å²) in [6.07, 6.45) is 0.0230. The van der Waals surface area contributed by atoms with Gasteiger partial charge in [-0.25, -0.2) is 12.7 Å². The highest BCUT2D eigenvalue weighted by atomic mass is 32.2. The number of hydrogen-bond donors (Lipinski definition) is 0. The van der Waals surface area contributed by atoms with E-state index in [0.717, 1.165) is 15.7 Å². The van der Waals surface area contributed by atoms with E-state index in [1.807, 2.05) is 24.3 Å². The van der Waals surface area contributed by atoms with E-state index in [4.69, 9.17) is 4.74 Å². The van der Waals surface area contributed by atoms with Gasteiger partial charge in [0.05, 0.1) is 18.6 Å². The third-order valence-corrected chi connectivity index (χ3v) is 6.02. The van der Waals surface area contributed by atoms with Crippen LogP contribution < -0.4 is 9.64 Å². The van der Waals surface area contributed by atoms with Crippen LogP contribution in [0.1, 0.15) is 6.42 Å². The molecule has 1 fully saturated rings. The lowest BCUT2D eigenvalue weighted by Gasteiger charge is -2.36. The van der Waals surface area contributed by atoms with Crippen molar-refractivity contribution >= 4 is 21.6 Å². The Morgan fingerprint density at radius 1 is 1.17 bits per heavy atom. The van der Waals surface area contributed by atoms with Gasteiger partial charge in [0.2, 0.25) is 15.9 Å². The molecule has 1 heterocycles. The van der Waals surface area contributed by atoms with Crippen molar-refractivity contribution in [1.82, 2.24) is 9.21 Å². The van der Waals surface area contributed by atoms with E-state index >= 15 is 0 Å². The van der Waals surface area contributed by atoms with Crippen molar-refractivity contribution in [2.75, 3.05) is 58.0 Å². The van der Waals surface area contributed by atoms with Crippen LogP contribution >= 0.6 is 0 Å². The molecule has 24 heavy (non-hydrogen) atoms. The van der Waals surface area contributed by atoms with Gasteiger partial charge in [-0.1, -0.05) is 12.1 Å². The molecule has 0 spiro atoms. The molecule has 7 nitrogen and oxygen atoms in total. The van der Waals surface area contributed by atoms with Crippen molar-refractivity contribution in [3.05, 3.63) is 24.3 Å². The molecule has 1 amide bonds. The molecule has 1 aromatic rings. The molecule has 1 aliphatic heterocycles. The third kappa shape index (κ3) is 4.39. The maximum Gasteiger partial charge on any atom is 0.223 e. The molecule has 0 unspecified atom stereocenters. The van der Waals surface area contributed by atoms with Gasteiger partial charge in [0, 0.05) is 46.7 Å². The first-order valence-corrected chi connectivity index (χ1v) is 9.52. The van der Waals surface area contributed by atoms with Gasteiger partial charge in [0.25, 0.3) is 0 Å². The zero-order chi connectivity index (χ0) is 17.7. The van der Waals surface area contributed by atoms with Crippen molar-refractivity contribution in [2.24, 2.45) is 0 Å². The van der Waals surface area contributed by atoms with Gasteiger partial charge in [-0.05, 0) is 12.1 Å². The summed E-state index contributed by atoms with van der Waals surface area (Å²) in [5, 5.41) is 0. The van der Waals surface area contributed by atoms with Gasteiger partial charge < -0.3 is 14.5 Å². The summed E-state index contributed by atoms with van der Waals surface area (Å²) in [5.74, 6) is 0.556. The number of rotatable bonds is 6. The second-order valence-corrected chi connectivity index (χ2v) is 8.19. The molecule has 0 N–H and O–H groups in total. The van der Waals surface area contributed by atoms with Crippen molar-refractivity contribution in [1.29, 1.82) is 0 Å². The summed E-state index contributed by atoms with van der Waals surface area (Å²) in [4.78, 5) is 16.1. The Kier molecular flexibility index (Phi) is 6.06. The minimum atomic E-state index is -3.34. The van der Waals surface area contributed by atoms with Crippen molar-refractivity contribution in [3.8, 4) is 5.75 Å². The van der Waals surface area contributed by atoms with E-state index in [0.29, 0.717) is 26.2 Å². The van der Waals surface area contributed by atoms with Crippen LogP contribution in [-0.4, -0.2) is 76.7 Å². The number of methoxy groups -OCH3 is 1. The third-order valence-electron chi connectivity index (χ3n) is 4.19. The molecular weight excluding hydrogens is 330 g/mol. The fourth-order valence-corrected chi connectivity index (χ4v) is 3.44. The molecule has 134 valence electrons. The molecule has 0 radical (unpaired) electrons. The van der Waals surface area contributed by atoms with E-state index in [1.54, 1.807) is 12.0 Å². The predicted octanol–water partition coefficient (Wildman–Crippen LogP) is 0.625. The molecule has 0 saturated carbocycles. The Labute approximate surface area is 143 Å². The van der Waals surface area contributed by atoms with Crippen molar-refractivity contribution in [2.45, 2.75) is 6.42 Å². The van der Waals surface area contributed by atoms with Gasteiger partial charge in [0.15, 0.2) is 0 Å². The summed E-state index contributed by atoms with van der Waals surface area (Å²) in [7, 11) is 1.26. The van der Waals surface area contributed by atoms with Gasteiger partial charge in [-0.15, -0.1) is 0 Å². The average molecular weight is 355 g/mol. The van der Waals surface area contributed by atoms with Gasteiger partial charge in [-0.2, -0.15) is 0 Å². The zero-order valence-electron chi connectivity index (χ0n) is 14.4. The van der Waals surface area contributed by atoms with E-state index in [-0.39, 0.29) is 18.1 Å². The normalized spacial score (nSPS) is 15.7. The predicted molar refractivity (Wildman–Crippen MR) is 93.9 cm³/mol. The highest BCUT2D eigenvalue weighted by Gasteiger charge is 2.24. The standard InChI is InChI=1S/C16H25N3O4S/c1-17(2)24(21,22)13-8-16(20)19-11-9-18(10-12-19)14-6-4-5-7-15(14)23-3/h4-7H,8-13H2,1-3H3. The molecule has 1 saturated heterocycles. The molecule has 1 aromatic carbocycles. The SMILES string of the molecule is COc1ccccc1N1CCN(C(=O)CCS(=O)(=O)N(C)C)CC1. The minimum Gasteiger partial charge on any atom is -0.495 e. The first-order chi connectivity index (χ1) is 11.3. The fraction of sp³-hybridized carbons (Fsp3) is 0.562. The van der Waals surface area contributed by atoms with Crippen LogP contribution in [-0.2, 0) is 14.8 Å². The Morgan fingerprint density at radius 2 is 1.79 bits per heavy atom. The first kappa shape index (κ1) is 18.5. The highest BCUT2D eigenvalue weighted by Crippen LogP contribution is 2.28. The summed E-state index contributed by atoms with van der Waals surface area (Å²) < 4.78 is 30.0. The summed E-state index contributed by atoms with van der Waals surface area (Å²) in [5.41, 5.74) is 1.02. The van der Waals surface area contributed by atoms with Crippen LogP contribution in [0.25, 0.3) is 0 Å². The lowest BCUT2D eigenvalue weighted by Crippen LogP contribution is -2.49. The van der Waals surface area contributed by atoms with Crippen LogP contribution in [0.5, 0.6) is 5.75 Å². The number of sulfonamides is 1. The Bertz CT molecular complexity index is 668. The van der Waals surface area contributed by atoms with E-state index in [9.17, 15) is 13.2 Å². The molecular formula is C16H25N3O4S. The Balaban J connectivity index is 1.89. The van der Waals surface area contributed by atoms with Gasteiger partial charge in [0.1, 0.15) is 5.75 Å². The van der Waals surface area contributed by atoms with E-state index in [2.05, 4.69) is 4.90 Å². The Morgan fingerprint density at radius 3 is 2.38 bits per heavy atom. The number of piperazine rings is 1. The number of para-hydroxylation sites is 2. The number of carbonyl (C=O) groups is 1. The summed E-state index contributed by atoms with van der Waals surface area (Å²) in [6, 6.07) is 7.80. The largest absolute Gasteiger partial charge is 0.495 e. The fourth-order valence-electron chi connectivity index (χ4n) is 2.64. The number of anilines is 1. The quantitative estimate of drug-likeness (QED) is 0.748. The number of benzene rings is 1. The lowest BCUT2D eigenvalue weighted by molar-refractivity contribution is -0.131. The number of amides is 1. The van der Waals surface area contributed by atoms with E-state index < -0.39 is 10.0 Å². The molecule has 0 aliphatic carbocycles. The number of hydrogen-bond acceptors (Lipinski definition) is 5.